The molecule has 8 heteroatoms. The monoisotopic (exact) mass is 437 g/mol. The zero-order valence-corrected chi connectivity index (χ0v) is 16.8. The van der Waals surface area contributed by atoms with Crippen molar-refractivity contribution in [2.45, 2.75) is 31.7 Å². The van der Waals surface area contributed by atoms with Crippen LogP contribution in [-0.2, 0) is 4.79 Å². The number of allylic oxidation sites excluding steroid dienone is 2. The van der Waals surface area contributed by atoms with Crippen LogP contribution in [0.5, 0.6) is 0 Å². The number of nitrogens with zero attached hydrogens (tertiary/aromatic N) is 2. The molecule has 2 N–H and O–H groups in total. The summed E-state index contributed by atoms with van der Waals surface area (Å²) in [4.78, 5) is 29.7. The molecule has 2 atom stereocenters. The summed E-state index contributed by atoms with van der Waals surface area (Å²) in [5.41, 5.74) is 1.70. The fourth-order valence-corrected chi connectivity index (χ4v) is 3.78. The molecule has 0 spiro atoms. The Morgan fingerprint density at radius 2 is 2.00 bits per heavy atom. The van der Waals surface area contributed by atoms with Crippen LogP contribution in [0.3, 0.4) is 0 Å². The molecule has 0 radical (unpaired) electrons. The summed E-state index contributed by atoms with van der Waals surface area (Å²) in [5, 5.41) is 12.3. The van der Waals surface area contributed by atoms with Crippen molar-refractivity contribution in [1.82, 2.24) is 9.88 Å². The molecule has 154 valence electrons. The van der Waals surface area contributed by atoms with Crippen molar-refractivity contribution in [3.05, 3.63) is 71.5 Å². The van der Waals surface area contributed by atoms with E-state index in [0.717, 1.165) is 18.4 Å². The van der Waals surface area contributed by atoms with Crippen molar-refractivity contribution in [3.63, 3.8) is 0 Å². The number of aliphatic carboxylic acids is 1. The molecule has 1 saturated heterocycles. The zero-order valence-electron chi connectivity index (χ0n) is 16.0. The molecule has 0 aliphatic carbocycles. The van der Waals surface area contributed by atoms with Crippen molar-refractivity contribution in [2.24, 2.45) is 5.92 Å². The third-order valence-corrected chi connectivity index (χ3v) is 5.29. The number of aromatic nitrogens is 1. The molecule has 1 aliphatic heterocycles. The van der Waals surface area contributed by atoms with Crippen LogP contribution in [0.15, 0.2) is 60.9 Å². The summed E-state index contributed by atoms with van der Waals surface area (Å²) in [5.74, 6) is -0.551. The zero-order chi connectivity index (χ0) is 20.6. The van der Waals surface area contributed by atoms with Crippen LogP contribution in [0.4, 0.5) is 10.5 Å². The standard InChI is InChI=1S/C22H24ClN3O3.Na.H/c23-18-8-10-19(11-9-18)25-22(29)26-14-12-16(5-2-1-3-7-20(27)28)21(26)17-6-4-13-24-15-17;;/h1-2,4,6,8-11,13,15-16,21H,3,5,7,12,14H2,(H,25,29)(H,27,28);;/b2-1-;;. The van der Waals surface area contributed by atoms with E-state index in [1.165, 1.54) is 0 Å². The average molecular weight is 438 g/mol. The van der Waals surface area contributed by atoms with Gasteiger partial charge in [0.15, 0.2) is 0 Å². The first-order valence-electron chi connectivity index (χ1n) is 9.64. The van der Waals surface area contributed by atoms with Gasteiger partial charge in [-0.15, -0.1) is 0 Å². The van der Waals surface area contributed by atoms with Crippen LogP contribution >= 0.6 is 11.6 Å². The summed E-state index contributed by atoms with van der Waals surface area (Å²) >= 11 is 5.92. The number of carbonyl (C=O) groups is 2. The second-order valence-corrected chi connectivity index (χ2v) is 7.49. The van der Waals surface area contributed by atoms with Gasteiger partial charge in [-0.25, -0.2) is 4.79 Å². The first-order valence-corrected chi connectivity index (χ1v) is 10.0. The number of anilines is 1. The Labute approximate surface area is 203 Å². The van der Waals surface area contributed by atoms with Crippen LogP contribution in [0.2, 0.25) is 5.02 Å². The third kappa shape index (κ3) is 6.84. The quantitative estimate of drug-likeness (QED) is 0.493. The minimum absolute atomic E-state index is 0. The Kier molecular flexibility index (Phi) is 9.85. The summed E-state index contributed by atoms with van der Waals surface area (Å²) in [6.45, 7) is 0.645. The van der Waals surface area contributed by atoms with E-state index in [9.17, 15) is 9.59 Å². The van der Waals surface area contributed by atoms with Gasteiger partial charge in [0.05, 0.1) is 6.04 Å². The molecular formula is C22H25ClN3NaO3. The molecule has 1 fully saturated rings. The number of benzene rings is 1. The number of urea groups is 1. The number of amides is 2. The molecule has 2 aromatic rings. The number of pyridine rings is 1. The maximum atomic E-state index is 13.0. The van der Waals surface area contributed by atoms with Gasteiger partial charge in [0.2, 0.25) is 0 Å². The van der Waals surface area contributed by atoms with Gasteiger partial charge < -0.3 is 15.3 Å². The van der Waals surface area contributed by atoms with Gasteiger partial charge in [-0.05, 0) is 61.1 Å². The number of hydrogen-bond donors (Lipinski definition) is 2. The van der Waals surface area contributed by atoms with Gasteiger partial charge in [-0.3, -0.25) is 9.78 Å². The fraction of sp³-hybridized carbons (Fsp3) is 0.318. The van der Waals surface area contributed by atoms with Crippen LogP contribution < -0.4 is 5.32 Å². The third-order valence-electron chi connectivity index (χ3n) is 5.04. The van der Waals surface area contributed by atoms with Gasteiger partial charge in [0.25, 0.3) is 0 Å². The topological polar surface area (TPSA) is 82.5 Å². The van der Waals surface area contributed by atoms with Gasteiger partial charge in [-0.1, -0.05) is 29.8 Å². The number of halogens is 1. The van der Waals surface area contributed by atoms with E-state index in [-0.39, 0.29) is 54.0 Å². The van der Waals surface area contributed by atoms with Crippen molar-refractivity contribution in [2.75, 3.05) is 11.9 Å². The molecule has 30 heavy (non-hydrogen) atoms. The van der Waals surface area contributed by atoms with E-state index >= 15 is 0 Å². The van der Waals surface area contributed by atoms with E-state index < -0.39 is 5.97 Å². The fourth-order valence-electron chi connectivity index (χ4n) is 3.66. The molecule has 0 bridgehead atoms. The van der Waals surface area contributed by atoms with Crippen LogP contribution in [0, 0.1) is 5.92 Å². The maximum absolute atomic E-state index is 13.0. The van der Waals surface area contributed by atoms with Crippen LogP contribution in [0.1, 0.15) is 37.3 Å². The summed E-state index contributed by atoms with van der Waals surface area (Å²) < 4.78 is 0. The number of rotatable bonds is 7. The predicted octanol–water partition coefficient (Wildman–Crippen LogP) is 4.49. The molecule has 1 aliphatic rings. The number of nitrogens with one attached hydrogen (secondary N) is 1. The van der Waals surface area contributed by atoms with E-state index in [4.69, 9.17) is 16.7 Å². The van der Waals surface area contributed by atoms with E-state index in [1.807, 2.05) is 29.2 Å². The molecule has 0 saturated carbocycles. The average Bonchev–Trinajstić information content (AvgIpc) is 3.14. The summed E-state index contributed by atoms with van der Waals surface area (Å²) in [6, 6.07) is 10.7. The molecule has 1 aromatic carbocycles. The van der Waals surface area contributed by atoms with Crippen LogP contribution in [0.25, 0.3) is 0 Å². The molecule has 6 nitrogen and oxygen atoms in total. The second kappa shape index (κ2) is 12.1. The van der Waals surface area contributed by atoms with Gasteiger partial charge in [0.1, 0.15) is 0 Å². The van der Waals surface area contributed by atoms with Crippen LogP contribution in [-0.4, -0.2) is 63.1 Å². The first-order chi connectivity index (χ1) is 14.0. The van der Waals surface area contributed by atoms with E-state index in [0.29, 0.717) is 23.7 Å². The molecular weight excluding hydrogens is 413 g/mol. The first kappa shape index (κ1) is 24.4. The summed E-state index contributed by atoms with van der Waals surface area (Å²) in [7, 11) is 0. The van der Waals surface area contributed by atoms with Gasteiger partial charge in [-0.2, -0.15) is 0 Å². The van der Waals surface area contributed by atoms with Crippen molar-refractivity contribution in [1.29, 1.82) is 0 Å². The number of hydrogen-bond acceptors (Lipinski definition) is 3. The van der Waals surface area contributed by atoms with Crippen molar-refractivity contribution < 1.29 is 14.7 Å². The van der Waals surface area contributed by atoms with Crippen molar-refractivity contribution in [3.8, 4) is 0 Å². The molecule has 1 aromatic heterocycles. The molecule has 2 unspecified atom stereocenters. The summed E-state index contributed by atoms with van der Waals surface area (Å²) in [6.07, 6.45) is 9.75. The number of likely N-dealkylation sites (tertiary alicyclic amines) is 1. The predicted molar refractivity (Wildman–Crippen MR) is 120 cm³/mol. The number of carboxylic acid groups (broad SMARTS) is 1. The Bertz CT molecular complexity index is 862. The van der Waals surface area contributed by atoms with Gasteiger partial charge in [0, 0.05) is 36.1 Å². The van der Waals surface area contributed by atoms with E-state index in [1.54, 1.807) is 36.7 Å². The Balaban J connectivity index is 0.00000320. The van der Waals surface area contributed by atoms with E-state index in [2.05, 4.69) is 10.3 Å². The SMILES string of the molecule is O=C(O)CC/C=C\CC1CCN(C(=O)Nc2ccc(Cl)cc2)C1c1cccnc1.[NaH]. The molecule has 2 amide bonds. The van der Waals surface area contributed by atoms with Crippen molar-refractivity contribution >= 4 is 58.8 Å². The minimum atomic E-state index is -0.797. The Morgan fingerprint density at radius 1 is 1.23 bits per heavy atom. The molecule has 3 rings (SSSR count). The second-order valence-electron chi connectivity index (χ2n) is 7.05. The number of carbonyl (C=O) groups excluding carboxylic acids is 1. The Hall–Kier alpha value is -1.86. The normalized spacial score (nSPS) is 18.2. The number of carboxylic acids is 1. The molecule has 2 heterocycles. The van der Waals surface area contributed by atoms with Gasteiger partial charge >= 0.3 is 41.6 Å². The Morgan fingerprint density at radius 3 is 2.67 bits per heavy atom.